The summed E-state index contributed by atoms with van der Waals surface area (Å²) in [6.45, 7) is 0.379. The Labute approximate surface area is 89.2 Å². The molecule has 1 heterocycles. The van der Waals surface area contributed by atoms with Crippen LogP contribution in [0.2, 0.25) is 0 Å². The number of fused-ring (bicyclic) bond motifs is 1. The van der Waals surface area contributed by atoms with Crippen LogP contribution in [0.4, 0.5) is 8.78 Å². The molecule has 1 nitrogen and oxygen atoms in total. The van der Waals surface area contributed by atoms with Gasteiger partial charge in [0, 0.05) is 16.5 Å². The Balaban J connectivity index is 2.50. The summed E-state index contributed by atoms with van der Waals surface area (Å²) < 4.78 is 32.9. The van der Waals surface area contributed by atoms with Gasteiger partial charge in [-0.1, -0.05) is 22.0 Å². The first-order chi connectivity index (χ1) is 6.59. The van der Waals surface area contributed by atoms with Crippen LogP contribution >= 0.6 is 15.9 Å². The van der Waals surface area contributed by atoms with Gasteiger partial charge in [-0.25, -0.2) is 8.78 Å². The Hall–Kier alpha value is -0.480. The molecule has 0 spiro atoms. The molecule has 1 aliphatic rings. The van der Waals surface area contributed by atoms with Gasteiger partial charge in [0.25, 0.3) is 5.92 Å². The van der Waals surface area contributed by atoms with E-state index >= 15 is 0 Å². The average Bonchev–Trinajstić information content (AvgIpc) is 2.25. The van der Waals surface area contributed by atoms with Crippen molar-refractivity contribution in [2.75, 3.05) is 6.61 Å². The molecule has 4 heteroatoms. The zero-order valence-corrected chi connectivity index (χ0v) is 8.98. The van der Waals surface area contributed by atoms with E-state index in [0.717, 1.165) is 4.47 Å². The van der Waals surface area contributed by atoms with Crippen molar-refractivity contribution in [2.45, 2.75) is 19.0 Å². The molecule has 2 rings (SSSR count). The molecular formula is C10H9BrF2O. The Bertz CT molecular complexity index is 352. The largest absolute Gasteiger partial charge is 0.377 e. The number of benzene rings is 1. The maximum Gasteiger partial charge on any atom is 0.275 e. The van der Waals surface area contributed by atoms with E-state index < -0.39 is 5.92 Å². The second-order valence-corrected chi connectivity index (χ2v) is 4.22. The van der Waals surface area contributed by atoms with Crippen LogP contribution in [0, 0.1) is 0 Å². The second kappa shape index (κ2) is 3.59. The highest BCUT2D eigenvalue weighted by Gasteiger charge is 2.35. The van der Waals surface area contributed by atoms with Crippen LogP contribution in [0.5, 0.6) is 0 Å². The fourth-order valence-corrected chi connectivity index (χ4v) is 1.96. The maximum absolute atomic E-state index is 13.5. The number of ether oxygens (including phenoxy) is 1. The molecule has 76 valence electrons. The van der Waals surface area contributed by atoms with E-state index in [-0.39, 0.29) is 25.2 Å². The van der Waals surface area contributed by atoms with Gasteiger partial charge in [0.05, 0.1) is 13.2 Å². The summed E-state index contributed by atoms with van der Waals surface area (Å²) in [5, 5.41) is 0. The molecule has 0 unspecified atom stereocenters. The van der Waals surface area contributed by atoms with Crippen LogP contribution in [0.3, 0.4) is 0 Å². The Morgan fingerprint density at radius 2 is 2.14 bits per heavy atom. The monoisotopic (exact) mass is 262 g/mol. The van der Waals surface area contributed by atoms with Gasteiger partial charge in [-0.2, -0.15) is 0 Å². The maximum atomic E-state index is 13.5. The molecule has 0 bridgehead atoms. The van der Waals surface area contributed by atoms with Gasteiger partial charge in [-0.3, -0.25) is 0 Å². The fourth-order valence-electron chi connectivity index (χ4n) is 1.56. The predicted octanol–water partition coefficient (Wildman–Crippen LogP) is 3.46. The molecule has 0 atom stereocenters. The summed E-state index contributed by atoms with van der Waals surface area (Å²) in [4.78, 5) is 0. The summed E-state index contributed by atoms with van der Waals surface area (Å²) in [6.07, 6.45) is -0.234. The Kier molecular flexibility index (Phi) is 2.58. The predicted molar refractivity (Wildman–Crippen MR) is 52.3 cm³/mol. The third kappa shape index (κ3) is 1.81. The Morgan fingerprint density at radius 3 is 2.93 bits per heavy atom. The van der Waals surface area contributed by atoms with E-state index in [2.05, 4.69) is 15.9 Å². The van der Waals surface area contributed by atoms with E-state index in [4.69, 9.17) is 4.74 Å². The third-order valence-electron chi connectivity index (χ3n) is 2.28. The van der Waals surface area contributed by atoms with Crippen LogP contribution in [0.15, 0.2) is 22.7 Å². The molecule has 0 N–H and O–H groups in total. The van der Waals surface area contributed by atoms with Gasteiger partial charge >= 0.3 is 0 Å². The van der Waals surface area contributed by atoms with Gasteiger partial charge in [0.2, 0.25) is 0 Å². The SMILES string of the molecule is FC1(F)CCOCc2cc(Br)ccc21. The molecule has 0 radical (unpaired) electrons. The molecule has 0 saturated heterocycles. The number of alkyl halides is 2. The van der Waals surface area contributed by atoms with Gasteiger partial charge < -0.3 is 4.74 Å². The molecule has 0 amide bonds. The van der Waals surface area contributed by atoms with Crippen LogP contribution in [0.25, 0.3) is 0 Å². The van der Waals surface area contributed by atoms with Crippen molar-refractivity contribution in [1.82, 2.24) is 0 Å². The van der Waals surface area contributed by atoms with E-state index in [1.54, 1.807) is 12.1 Å². The van der Waals surface area contributed by atoms with Crippen LogP contribution in [-0.4, -0.2) is 6.61 Å². The average molecular weight is 263 g/mol. The highest BCUT2D eigenvalue weighted by molar-refractivity contribution is 9.10. The topological polar surface area (TPSA) is 9.23 Å². The van der Waals surface area contributed by atoms with Crippen LogP contribution in [0.1, 0.15) is 17.5 Å². The van der Waals surface area contributed by atoms with Crippen molar-refractivity contribution in [3.8, 4) is 0 Å². The minimum atomic E-state index is -2.76. The van der Waals surface area contributed by atoms with Crippen molar-refractivity contribution in [1.29, 1.82) is 0 Å². The summed E-state index contributed by atoms with van der Waals surface area (Å²) in [6, 6.07) is 4.79. The lowest BCUT2D eigenvalue weighted by Crippen LogP contribution is -2.14. The second-order valence-electron chi connectivity index (χ2n) is 3.31. The lowest BCUT2D eigenvalue weighted by Gasteiger charge is -2.15. The number of rotatable bonds is 0. The van der Waals surface area contributed by atoms with E-state index in [9.17, 15) is 8.78 Å². The summed E-state index contributed by atoms with van der Waals surface area (Å²) >= 11 is 3.25. The smallest absolute Gasteiger partial charge is 0.275 e. The first-order valence-corrected chi connectivity index (χ1v) is 5.13. The van der Waals surface area contributed by atoms with Crippen molar-refractivity contribution in [2.24, 2.45) is 0 Å². The van der Waals surface area contributed by atoms with Gasteiger partial charge in [-0.15, -0.1) is 0 Å². The van der Waals surface area contributed by atoms with E-state index in [0.29, 0.717) is 5.56 Å². The quantitative estimate of drug-likeness (QED) is 0.696. The molecule has 0 fully saturated rings. The normalized spacial score (nSPS) is 19.9. The standard InChI is InChI=1S/C10H9BrF2O/c11-8-1-2-9-7(5-8)6-14-4-3-10(9,12)13/h1-2,5H,3-4,6H2. The first kappa shape index (κ1) is 10.1. The minimum Gasteiger partial charge on any atom is -0.377 e. The van der Waals surface area contributed by atoms with Crippen molar-refractivity contribution in [3.63, 3.8) is 0 Å². The van der Waals surface area contributed by atoms with Crippen LogP contribution < -0.4 is 0 Å². The zero-order chi connectivity index (χ0) is 10.2. The fraction of sp³-hybridized carbons (Fsp3) is 0.400. The van der Waals surface area contributed by atoms with Gasteiger partial charge in [-0.05, 0) is 17.7 Å². The number of hydrogen-bond acceptors (Lipinski definition) is 1. The lowest BCUT2D eigenvalue weighted by molar-refractivity contribution is -0.0296. The highest BCUT2D eigenvalue weighted by atomic mass is 79.9. The number of halogens is 3. The molecule has 0 aliphatic carbocycles. The highest BCUT2D eigenvalue weighted by Crippen LogP contribution is 2.37. The lowest BCUT2D eigenvalue weighted by atomic mass is 10.0. The molecule has 1 aliphatic heterocycles. The Morgan fingerprint density at radius 1 is 1.36 bits per heavy atom. The van der Waals surface area contributed by atoms with Crippen LogP contribution in [-0.2, 0) is 17.3 Å². The van der Waals surface area contributed by atoms with E-state index in [1.807, 2.05) is 0 Å². The summed E-state index contributed by atoms with van der Waals surface area (Å²) in [5.41, 5.74) is 0.667. The van der Waals surface area contributed by atoms with E-state index in [1.165, 1.54) is 6.07 Å². The molecule has 1 aromatic rings. The third-order valence-corrected chi connectivity index (χ3v) is 2.77. The van der Waals surface area contributed by atoms with Crippen molar-refractivity contribution in [3.05, 3.63) is 33.8 Å². The summed E-state index contributed by atoms with van der Waals surface area (Å²) in [7, 11) is 0. The molecule has 14 heavy (non-hydrogen) atoms. The minimum absolute atomic E-state index is 0.0956. The first-order valence-electron chi connectivity index (χ1n) is 4.34. The van der Waals surface area contributed by atoms with Gasteiger partial charge in [0.15, 0.2) is 0 Å². The molecule has 1 aromatic carbocycles. The molecule has 0 saturated carbocycles. The molecule has 0 aromatic heterocycles. The molecular weight excluding hydrogens is 254 g/mol. The van der Waals surface area contributed by atoms with Crippen molar-refractivity contribution < 1.29 is 13.5 Å². The zero-order valence-electron chi connectivity index (χ0n) is 7.40. The van der Waals surface area contributed by atoms with Gasteiger partial charge in [0.1, 0.15) is 0 Å². The number of hydrogen-bond donors (Lipinski definition) is 0. The van der Waals surface area contributed by atoms with Crippen molar-refractivity contribution >= 4 is 15.9 Å². The summed E-state index contributed by atoms with van der Waals surface area (Å²) in [5.74, 6) is -2.76.